The summed E-state index contributed by atoms with van der Waals surface area (Å²) in [6.45, 7) is 3.90. The number of halogens is 1. The van der Waals surface area contributed by atoms with Gasteiger partial charge in [-0.25, -0.2) is 14.4 Å². The van der Waals surface area contributed by atoms with Crippen molar-refractivity contribution in [3.63, 3.8) is 0 Å². The monoisotopic (exact) mass is 419 g/mol. The molecule has 4 aromatic rings. The van der Waals surface area contributed by atoms with Gasteiger partial charge in [0.15, 0.2) is 0 Å². The van der Waals surface area contributed by atoms with Gasteiger partial charge in [-0.3, -0.25) is 9.78 Å². The Morgan fingerprint density at radius 1 is 1.26 bits per heavy atom. The number of aliphatic hydroxyl groups is 1. The highest BCUT2D eigenvalue weighted by Gasteiger charge is 2.43. The van der Waals surface area contributed by atoms with E-state index in [1.807, 2.05) is 26.0 Å². The molecule has 1 amide bonds. The Morgan fingerprint density at radius 2 is 2.06 bits per heavy atom. The van der Waals surface area contributed by atoms with Crippen molar-refractivity contribution in [1.82, 2.24) is 19.9 Å². The van der Waals surface area contributed by atoms with Crippen molar-refractivity contribution < 1.29 is 14.3 Å². The minimum absolute atomic E-state index is 0.273. The molecule has 1 saturated carbocycles. The summed E-state index contributed by atoms with van der Waals surface area (Å²) in [6, 6.07) is 5.67. The van der Waals surface area contributed by atoms with Crippen molar-refractivity contribution in [1.29, 1.82) is 0 Å². The zero-order chi connectivity index (χ0) is 21.7. The highest BCUT2D eigenvalue weighted by molar-refractivity contribution is 6.11. The predicted molar refractivity (Wildman–Crippen MR) is 116 cm³/mol. The van der Waals surface area contributed by atoms with Gasteiger partial charge in [-0.2, -0.15) is 0 Å². The van der Waals surface area contributed by atoms with Crippen LogP contribution in [-0.4, -0.2) is 37.1 Å². The minimum Gasteiger partial charge on any atom is -0.387 e. The lowest BCUT2D eigenvalue weighted by Gasteiger charge is -2.13. The first-order valence-corrected chi connectivity index (χ1v) is 10.3. The summed E-state index contributed by atoms with van der Waals surface area (Å²) in [7, 11) is 0. The molecule has 3 aromatic heterocycles. The van der Waals surface area contributed by atoms with Gasteiger partial charge >= 0.3 is 0 Å². The second kappa shape index (κ2) is 7.39. The number of aromatic amines is 1. The lowest BCUT2D eigenvalue weighted by atomic mass is 9.97. The topological polar surface area (TPSA) is 104 Å². The van der Waals surface area contributed by atoms with Gasteiger partial charge in [0.2, 0.25) is 5.91 Å². The summed E-state index contributed by atoms with van der Waals surface area (Å²) >= 11 is 0. The lowest BCUT2D eigenvalue weighted by Crippen LogP contribution is -2.15. The van der Waals surface area contributed by atoms with Crippen molar-refractivity contribution in [3.05, 3.63) is 48.2 Å². The van der Waals surface area contributed by atoms with Gasteiger partial charge < -0.3 is 15.4 Å². The lowest BCUT2D eigenvalue weighted by molar-refractivity contribution is -0.117. The molecule has 3 N–H and O–H groups in total. The van der Waals surface area contributed by atoms with E-state index in [1.54, 1.807) is 24.8 Å². The van der Waals surface area contributed by atoms with Gasteiger partial charge in [0.05, 0.1) is 35.1 Å². The number of hydrogen-bond donors (Lipinski definition) is 3. The summed E-state index contributed by atoms with van der Waals surface area (Å²) in [6.07, 6.45) is 4.32. The highest BCUT2D eigenvalue weighted by Crippen LogP contribution is 2.37. The van der Waals surface area contributed by atoms with Crippen LogP contribution in [-0.2, 0) is 4.79 Å². The number of benzene rings is 1. The first-order valence-electron chi connectivity index (χ1n) is 10.3. The third-order valence-electron chi connectivity index (χ3n) is 5.85. The van der Waals surface area contributed by atoms with E-state index in [0.29, 0.717) is 17.9 Å². The predicted octanol–water partition coefficient (Wildman–Crippen LogP) is 4.22. The number of nitrogens with one attached hydrogen (secondary N) is 2. The van der Waals surface area contributed by atoms with Gasteiger partial charge in [-0.1, -0.05) is 6.92 Å². The number of rotatable bonds is 5. The number of H-pyrrole nitrogens is 1. The molecule has 8 heteroatoms. The van der Waals surface area contributed by atoms with E-state index in [4.69, 9.17) is 0 Å². The Balaban J connectivity index is 1.58. The molecule has 0 unspecified atom stereocenters. The molecule has 0 saturated heterocycles. The first-order chi connectivity index (χ1) is 15.0. The van der Waals surface area contributed by atoms with Crippen LogP contribution in [0.15, 0.2) is 36.9 Å². The third kappa shape index (κ3) is 3.42. The fourth-order valence-electron chi connectivity index (χ4n) is 3.90. The number of carbonyl (C=O) groups is 1. The molecule has 0 spiro atoms. The second-order valence-electron chi connectivity index (χ2n) is 8.04. The van der Waals surface area contributed by atoms with E-state index < -0.39 is 18.2 Å². The van der Waals surface area contributed by atoms with Crippen molar-refractivity contribution >= 4 is 33.5 Å². The summed E-state index contributed by atoms with van der Waals surface area (Å²) in [5.41, 5.74) is 5.06. The first kappa shape index (κ1) is 19.6. The number of anilines is 1. The van der Waals surface area contributed by atoms with Crippen molar-refractivity contribution in [2.24, 2.45) is 5.92 Å². The molecule has 5 rings (SSSR count). The molecular weight excluding hydrogens is 397 g/mol. The molecule has 0 bridgehead atoms. The van der Waals surface area contributed by atoms with Gasteiger partial charge in [-0.15, -0.1) is 0 Å². The zero-order valence-electron chi connectivity index (χ0n) is 17.2. The van der Waals surface area contributed by atoms with Crippen molar-refractivity contribution in [2.75, 3.05) is 5.32 Å². The molecule has 31 heavy (non-hydrogen) atoms. The SMILES string of the molecule is CC[C@H](O)c1cc(C)c(-c2cc3cnc(NC(=O)[C@H]4C[C@H]4F)cc3c3[nH]cnc23)cn1. The van der Waals surface area contributed by atoms with E-state index >= 15 is 0 Å². The second-order valence-corrected chi connectivity index (χ2v) is 8.04. The molecule has 7 nitrogen and oxygen atoms in total. The molecule has 158 valence electrons. The quantitative estimate of drug-likeness (QED) is 0.449. The number of aryl methyl sites for hydroxylation is 1. The van der Waals surface area contributed by atoms with Crippen LogP contribution >= 0.6 is 0 Å². The van der Waals surface area contributed by atoms with E-state index in [-0.39, 0.29) is 12.3 Å². The highest BCUT2D eigenvalue weighted by atomic mass is 19.1. The fraction of sp³-hybridized carbons (Fsp3) is 0.304. The number of carbonyl (C=O) groups excluding carboxylic acids is 1. The minimum atomic E-state index is -1.05. The largest absolute Gasteiger partial charge is 0.387 e. The van der Waals surface area contributed by atoms with Crippen LogP contribution in [0.3, 0.4) is 0 Å². The van der Waals surface area contributed by atoms with E-state index in [0.717, 1.165) is 38.5 Å². The Labute approximate surface area is 177 Å². The standard InChI is InChI=1S/C23H22FN5O2/c1-3-19(30)18-4-11(2)16(9-25-18)14-5-12-8-26-20(29-23(31)15-6-17(15)24)7-13(12)21-22(14)28-10-27-21/h4-5,7-10,15,17,19,30H,3,6H2,1-2H3,(H,27,28)(H,26,29,31)/t15-,17+,19-/m0/s1. The van der Waals surface area contributed by atoms with Crippen LogP contribution in [0.25, 0.3) is 32.9 Å². The van der Waals surface area contributed by atoms with Crippen LogP contribution in [0, 0.1) is 12.8 Å². The van der Waals surface area contributed by atoms with Crippen molar-refractivity contribution in [3.8, 4) is 11.1 Å². The van der Waals surface area contributed by atoms with Gasteiger partial charge in [0.25, 0.3) is 0 Å². The maximum atomic E-state index is 13.2. The van der Waals surface area contributed by atoms with Crippen LogP contribution in [0.2, 0.25) is 0 Å². The van der Waals surface area contributed by atoms with Crippen LogP contribution in [0.5, 0.6) is 0 Å². The molecular formula is C23H22FN5O2. The van der Waals surface area contributed by atoms with Crippen molar-refractivity contribution in [2.45, 2.75) is 39.0 Å². The number of fused-ring (bicyclic) bond motifs is 3. The number of hydrogen-bond acceptors (Lipinski definition) is 5. The van der Waals surface area contributed by atoms with Gasteiger partial charge in [0.1, 0.15) is 12.0 Å². The van der Waals surface area contributed by atoms with Crippen LogP contribution < -0.4 is 5.32 Å². The third-order valence-corrected chi connectivity index (χ3v) is 5.85. The molecule has 3 atom stereocenters. The van der Waals surface area contributed by atoms with Gasteiger partial charge in [-0.05, 0) is 43.5 Å². The Bertz CT molecular complexity index is 1320. The molecule has 0 radical (unpaired) electrons. The number of imidazole rings is 1. The number of aromatic nitrogens is 4. The molecule has 1 fully saturated rings. The maximum Gasteiger partial charge on any atom is 0.231 e. The van der Waals surface area contributed by atoms with E-state index in [9.17, 15) is 14.3 Å². The normalized spacial score (nSPS) is 19.0. The maximum absolute atomic E-state index is 13.2. The summed E-state index contributed by atoms with van der Waals surface area (Å²) in [4.78, 5) is 28.6. The Morgan fingerprint density at radius 3 is 2.77 bits per heavy atom. The van der Waals surface area contributed by atoms with Crippen LogP contribution in [0.1, 0.15) is 37.1 Å². The summed E-state index contributed by atoms with van der Waals surface area (Å²) in [5.74, 6) is -0.527. The average Bonchev–Trinajstić information content (AvgIpc) is 3.30. The van der Waals surface area contributed by atoms with E-state index in [2.05, 4.69) is 25.3 Å². The number of alkyl halides is 1. The number of pyridine rings is 2. The number of amides is 1. The smallest absolute Gasteiger partial charge is 0.231 e. The molecule has 3 heterocycles. The Hall–Kier alpha value is -3.39. The molecule has 1 aliphatic carbocycles. The summed E-state index contributed by atoms with van der Waals surface area (Å²) < 4.78 is 13.2. The Kier molecular flexibility index (Phi) is 4.66. The van der Waals surface area contributed by atoms with Crippen LogP contribution in [0.4, 0.5) is 10.2 Å². The van der Waals surface area contributed by atoms with E-state index in [1.165, 1.54) is 0 Å². The molecule has 0 aliphatic heterocycles. The fourth-order valence-corrected chi connectivity index (χ4v) is 3.90. The number of nitrogens with zero attached hydrogens (tertiary/aromatic N) is 3. The average molecular weight is 419 g/mol. The molecule has 1 aliphatic rings. The molecule has 1 aromatic carbocycles. The zero-order valence-corrected chi connectivity index (χ0v) is 17.2. The number of aliphatic hydroxyl groups excluding tert-OH is 1. The summed E-state index contributed by atoms with van der Waals surface area (Å²) in [5, 5.41) is 14.5. The van der Waals surface area contributed by atoms with Gasteiger partial charge in [0, 0.05) is 34.3 Å².